The molecule has 52 heavy (non-hydrogen) atoms. The summed E-state index contributed by atoms with van der Waals surface area (Å²) in [5.74, 6) is -5.54. The lowest BCUT2D eigenvalue weighted by atomic mass is 9.99. The number of methoxy groups -OCH3 is 1. The van der Waals surface area contributed by atoms with Gasteiger partial charge in [-0.3, -0.25) is 0 Å². The number of carboxylic acid groups (broad SMARTS) is 3. The molecule has 276 valence electrons. The molecule has 18 nitrogen and oxygen atoms in total. The number of aliphatic hydroxyl groups excluding tert-OH is 3. The molecule has 9 N–H and O–H groups in total. The summed E-state index contributed by atoms with van der Waals surface area (Å²) < 4.78 is 22.8. The first kappa shape index (κ1) is 37.3. The molecule has 0 aliphatic carbocycles. The molecular formula is C34H35N2O16+. The molecule has 3 aliphatic heterocycles. The van der Waals surface area contributed by atoms with Gasteiger partial charge in [0.15, 0.2) is 29.2 Å². The maximum Gasteiger partial charge on any atom is 0.373 e. The first-order chi connectivity index (χ1) is 24.7. The average Bonchev–Trinajstić information content (AvgIpc) is 3.47. The summed E-state index contributed by atoms with van der Waals surface area (Å²) in [5.41, 5.74) is 0.981. The number of hydrogen-bond acceptors (Lipinski definition) is 14. The van der Waals surface area contributed by atoms with Gasteiger partial charge in [0.2, 0.25) is 12.0 Å². The summed E-state index contributed by atoms with van der Waals surface area (Å²) in [4.78, 5) is 47.7. The minimum atomic E-state index is -1.87. The number of carboxylic acids is 3. The number of aromatic hydroxyl groups is 2. The van der Waals surface area contributed by atoms with Crippen LogP contribution >= 0.6 is 0 Å². The minimum absolute atomic E-state index is 0.0800. The van der Waals surface area contributed by atoms with Gasteiger partial charge in [0.1, 0.15) is 42.8 Å². The van der Waals surface area contributed by atoms with Crippen LogP contribution in [0.25, 0.3) is 6.08 Å². The molecule has 3 heterocycles. The standard InChI is InChI=1S/C34H34N2O16/c1-49-24-10-15(2-4-22(24)37)3-5-27(39)50-14-26-28(40)29(41)30(42)34(52-26)51-25-13-20-17(12-23(25)38)11-21(33(47)48)36(20)7-6-16-8-18(31(43)44)35-19(9-16)32(45)46/h2-8,10,12-13,19,21,26,28-30,34,40-42H,9,11,14H2,1H3,(H5,37,38,39,43,44,45,46,47,48)/p+1. The number of hydrogen-bond donors (Lipinski definition) is 9. The summed E-state index contributed by atoms with van der Waals surface area (Å²) in [6, 6.07) is 4.38. The van der Waals surface area contributed by atoms with Crippen LogP contribution in [0.4, 0.5) is 5.69 Å². The van der Waals surface area contributed by atoms with Crippen molar-refractivity contribution < 1.29 is 83.6 Å². The van der Waals surface area contributed by atoms with Crippen LogP contribution in [-0.4, -0.2) is 132 Å². The highest BCUT2D eigenvalue weighted by atomic mass is 16.7. The number of ether oxygens (including phenoxy) is 4. The van der Waals surface area contributed by atoms with Crippen LogP contribution in [0.1, 0.15) is 17.5 Å². The van der Waals surface area contributed by atoms with Crippen LogP contribution in [0.5, 0.6) is 23.0 Å². The highest BCUT2D eigenvalue weighted by Crippen LogP contribution is 2.41. The number of phenolic OH excluding ortho intramolecular Hbond substituents is 2. The fourth-order valence-corrected chi connectivity index (χ4v) is 5.74. The zero-order valence-electron chi connectivity index (χ0n) is 27.2. The van der Waals surface area contributed by atoms with E-state index >= 15 is 0 Å². The van der Waals surface area contributed by atoms with Crippen molar-refractivity contribution in [3.05, 3.63) is 71.0 Å². The van der Waals surface area contributed by atoms with Gasteiger partial charge in [-0.1, -0.05) is 6.07 Å². The van der Waals surface area contributed by atoms with E-state index in [1.54, 1.807) is 0 Å². The van der Waals surface area contributed by atoms with Crippen molar-refractivity contribution in [2.75, 3.05) is 13.7 Å². The number of aliphatic carboxylic acids is 3. The Kier molecular flexibility index (Phi) is 11.1. The third-order valence-electron chi connectivity index (χ3n) is 8.47. The van der Waals surface area contributed by atoms with Crippen molar-refractivity contribution >= 4 is 41.9 Å². The third-order valence-corrected chi connectivity index (χ3v) is 8.47. The second-order valence-corrected chi connectivity index (χ2v) is 11.9. The molecule has 0 spiro atoms. The van der Waals surface area contributed by atoms with E-state index in [9.17, 15) is 60.0 Å². The summed E-state index contributed by atoms with van der Waals surface area (Å²) in [6.45, 7) is -0.600. The Morgan fingerprint density at radius 1 is 0.942 bits per heavy atom. The van der Waals surface area contributed by atoms with Gasteiger partial charge in [0, 0.05) is 24.1 Å². The summed E-state index contributed by atoms with van der Waals surface area (Å²) >= 11 is 0. The van der Waals surface area contributed by atoms with Crippen molar-refractivity contribution in [2.24, 2.45) is 0 Å². The lowest BCUT2D eigenvalue weighted by Crippen LogP contribution is -2.60. The number of allylic oxidation sites excluding steroid dienone is 2. The number of benzene rings is 2. The predicted octanol–water partition coefficient (Wildman–Crippen LogP) is -0.385. The molecule has 7 unspecified atom stereocenters. The van der Waals surface area contributed by atoms with Gasteiger partial charge in [-0.25, -0.2) is 19.2 Å². The fraction of sp³-hybridized carbons (Fsp3) is 0.324. The smallest absolute Gasteiger partial charge is 0.373 e. The highest BCUT2D eigenvalue weighted by molar-refractivity contribution is 5.90. The molecule has 0 bridgehead atoms. The van der Waals surface area contributed by atoms with E-state index in [4.69, 9.17) is 18.9 Å². The molecule has 3 aliphatic rings. The molecule has 2 aromatic carbocycles. The number of nitrogens with one attached hydrogen (secondary N) is 1. The van der Waals surface area contributed by atoms with Gasteiger partial charge in [-0.2, -0.15) is 4.58 Å². The van der Waals surface area contributed by atoms with E-state index < -0.39 is 79.0 Å². The molecule has 1 saturated heterocycles. The quantitative estimate of drug-likeness (QED) is 0.0810. The van der Waals surface area contributed by atoms with E-state index in [1.165, 1.54) is 66.5 Å². The van der Waals surface area contributed by atoms with Crippen LogP contribution in [0.3, 0.4) is 0 Å². The first-order valence-electron chi connectivity index (χ1n) is 15.6. The number of esters is 1. The van der Waals surface area contributed by atoms with Crippen LogP contribution < -0.4 is 14.8 Å². The van der Waals surface area contributed by atoms with Crippen LogP contribution in [0.2, 0.25) is 0 Å². The van der Waals surface area contributed by atoms with Crippen LogP contribution in [-0.2, 0) is 35.1 Å². The Morgan fingerprint density at radius 2 is 1.69 bits per heavy atom. The van der Waals surface area contributed by atoms with Crippen LogP contribution in [0.15, 0.2) is 59.8 Å². The molecule has 1 fully saturated rings. The van der Waals surface area contributed by atoms with Crippen molar-refractivity contribution in [1.29, 1.82) is 0 Å². The Hall–Kier alpha value is -5.95. The lowest BCUT2D eigenvalue weighted by molar-refractivity contribution is -0.456. The highest BCUT2D eigenvalue weighted by Gasteiger charge is 2.46. The third kappa shape index (κ3) is 8.16. The van der Waals surface area contributed by atoms with E-state index in [2.05, 4.69) is 5.32 Å². The fourth-order valence-electron chi connectivity index (χ4n) is 5.74. The lowest BCUT2D eigenvalue weighted by Gasteiger charge is -2.39. The van der Waals surface area contributed by atoms with E-state index in [1.807, 2.05) is 0 Å². The van der Waals surface area contributed by atoms with E-state index in [0.29, 0.717) is 11.1 Å². The van der Waals surface area contributed by atoms with Gasteiger partial charge in [0.25, 0.3) is 6.04 Å². The van der Waals surface area contributed by atoms with Gasteiger partial charge in [0.05, 0.1) is 19.6 Å². The summed E-state index contributed by atoms with van der Waals surface area (Å²) in [5, 5.41) is 83.4. The Morgan fingerprint density at radius 3 is 2.37 bits per heavy atom. The zero-order chi connectivity index (χ0) is 37.9. The molecule has 0 amide bonds. The number of carbonyl (C=O) groups is 4. The second-order valence-electron chi connectivity index (χ2n) is 11.9. The van der Waals surface area contributed by atoms with Crippen molar-refractivity contribution in [3.63, 3.8) is 0 Å². The van der Waals surface area contributed by atoms with Gasteiger partial charge in [-0.05, 0) is 41.5 Å². The zero-order valence-corrected chi connectivity index (χ0v) is 27.2. The van der Waals surface area contributed by atoms with Gasteiger partial charge >= 0.3 is 23.9 Å². The predicted molar refractivity (Wildman–Crippen MR) is 174 cm³/mol. The summed E-state index contributed by atoms with van der Waals surface area (Å²) in [6.07, 6.45) is -2.45. The maximum atomic E-state index is 12.4. The molecule has 0 aromatic heterocycles. The normalized spacial score (nSPS) is 27.1. The van der Waals surface area contributed by atoms with Gasteiger partial charge in [-0.15, -0.1) is 0 Å². The number of fused-ring (bicyclic) bond motifs is 1. The SMILES string of the molecule is COc1cc(C=CC(=O)OCC2OC(Oc3cc4c(cc3O)CC(C(=O)O)[N+]4=CC=C3C=C(C(=O)O)NC(C(=O)O)C3)C(O)C(O)C2O)ccc1O. The van der Waals surface area contributed by atoms with Crippen molar-refractivity contribution in [3.8, 4) is 23.0 Å². The van der Waals surface area contributed by atoms with Crippen LogP contribution in [0, 0.1) is 0 Å². The Balaban J connectivity index is 1.34. The molecule has 5 rings (SSSR count). The number of nitrogens with zero attached hydrogens (tertiary/aromatic N) is 1. The Bertz CT molecular complexity index is 1880. The molecule has 0 radical (unpaired) electrons. The maximum absolute atomic E-state index is 12.4. The number of rotatable bonds is 11. The largest absolute Gasteiger partial charge is 0.504 e. The van der Waals surface area contributed by atoms with Crippen molar-refractivity contribution in [1.82, 2.24) is 5.32 Å². The number of phenols is 2. The average molecular weight is 728 g/mol. The van der Waals surface area contributed by atoms with E-state index in [0.717, 1.165) is 6.08 Å². The summed E-state index contributed by atoms with van der Waals surface area (Å²) in [7, 11) is 1.36. The Labute approximate surface area is 294 Å². The van der Waals surface area contributed by atoms with Gasteiger partial charge < -0.3 is 65.1 Å². The van der Waals surface area contributed by atoms with Crippen molar-refractivity contribution in [2.45, 2.75) is 55.6 Å². The molecular weight excluding hydrogens is 692 g/mol. The number of aliphatic hydroxyl groups is 3. The molecule has 2 aromatic rings. The van der Waals surface area contributed by atoms with E-state index in [-0.39, 0.29) is 47.0 Å². The first-order valence-corrected chi connectivity index (χ1v) is 15.6. The monoisotopic (exact) mass is 727 g/mol. The number of carbonyl (C=O) groups excluding carboxylic acids is 1. The topological polar surface area (TPSA) is 282 Å². The molecule has 7 atom stereocenters. The second kappa shape index (κ2) is 15.5. The molecule has 0 saturated carbocycles. The minimum Gasteiger partial charge on any atom is -0.504 e. The molecule has 18 heteroatoms.